The number of carbonyl (C=O) groups excluding carboxylic acids is 2. The number of halogens is 5. The van der Waals surface area contributed by atoms with Gasteiger partial charge in [0.25, 0.3) is 11.5 Å². The molecular weight excluding hydrogens is 471 g/mol. The van der Waals surface area contributed by atoms with Crippen molar-refractivity contribution < 1.29 is 36.3 Å². The smallest absolute Gasteiger partial charge is 0.356 e. The molecule has 2 aliphatic rings. The van der Waals surface area contributed by atoms with Crippen LogP contribution < -0.4 is 5.32 Å². The highest BCUT2D eigenvalue weighted by Gasteiger charge is 2.64. The molecule has 1 N–H and O–H groups in total. The number of hydrogen-bond donors (Lipinski definition) is 1. The molecule has 2 atom stereocenters. The molecule has 0 aliphatic carbocycles. The molecule has 5 nitrogen and oxygen atoms in total. The number of ether oxygens (including phenoxy) is 1. The van der Waals surface area contributed by atoms with Crippen molar-refractivity contribution in [3.63, 3.8) is 0 Å². The molecule has 1 spiro atoms. The van der Waals surface area contributed by atoms with Gasteiger partial charge in [0, 0.05) is 50.7 Å². The van der Waals surface area contributed by atoms with E-state index >= 15 is 0 Å². The molecule has 0 saturated carbocycles. The highest BCUT2D eigenvalue weighted by Crippen LogP contribution is 2.50. The third-order valence-electron chi connectivity index (χ3n) is 7.28. The number of rotatable bonds is 4. The number of carbonyl (C=O) groups is 2. The lowest BCUT2D eigenvalue weighted by molar-refractivity contribution is -0.271. The van der Waals surface area contributed by atoms with Gasteiger partial charge in [-0.3, -0.25) is 9.59 Å². The van der Waals surface area contributed by atoms with Crippen LogP contribution in [0.3, 0.4) is 0 Å². The van der Waals surface area contributed by atoms with Crippen molar-refractivity contribution in [2.24, 2.45) is 5.41 Å². The Morgan fingerprint density at radius 3 is 2.20 bits per heavy atom. The average Bonchev–Trinajstić information content (AvgIpc) is 2.79. The number of nitrogens with zero attached hydrogens (tertiary/aromatic N) is 1. The van der Waals surface area contributed by atoms with Crippen molar-refractivity contribution in [3.8, 4) is 0 Å². The van der Waals surface area contributed by atoms with Crippen LogP contribution in [0.25, 0.3) is 0 Å². The lowest BCUT2D eigenvalue weighted by Gasteiger charge is -2.50. The van der Waals surface area contributed by atoms with E-state index in [1.807, 2.05) is 0 Å². The van der Waals surface area contributed by atoms with Gasteiger partial charge in [0.15, 0.2) is 0 Å². The zero-order valence-corrected chi connectivity index (χ0v) is 19.0. The van der Waals surface area contributed by atoms with Crippen LogP contribution in [0.1, 0.15) is 36.3 Å². The third-order valence-corrected chi connectivity index (χ3v) is 7.28. The first-order chi connectivity index (χ1) is 16.5. The monoisotopic (exact) mass is 496 g/mol. The Morgan fingerprint density at radius 1 is 1.06 bits per heavy atom. The van der Waals surface area contributed by atoms with Gasteiger partial charge >= 0.3 is 6.18 Å². The molecule has 2 aromatic carbocycles. The number of likely N-dealkylation sites (tertiary alicyclic amines) is 1. The van der Waals surface area contributed by atoms with Crippen LogP contribution >= 0.6 is 0 Å². The summed E-state index contributed by atoms with van der Waals surface area (Å²) in [7, 11) is 0.851. The number of alkyl halides is 3. The van der Waals surface area contributed by atoms with Gasteiger partial charge in [-0.1, -0.05) is 30.3 Å². The fraction of sp³-hybridized carbons (Fsp3) is 0.440. The standard InChI is InChI=1S/C25H25F5N2O3/c1-35-24(25(28,29)30,17-5-3-2-4-6-17)22(34)32-9-7-23(8-10-32)14-21(33)31-15-20(23)16-11-18(26)13-19(27)12-16/h2-6,11-13,20H,7-10,14-15H2,1H3,(H,31,33)/t20-,24+/m0/s1. The Bertz CT molecular complexity index is 1080. The predicted molar refractivity (Wildman–Crippen MR) is 116 cm³/mol. The maximum absolute atomic E-state index is 14.3. The summed E-state index contributed by atoms with van der Waals surface area (Å²) in [5.41, 5.74) is -3.88. The maximum atomic E-state index is 14.3. The summed E-state index contributed by atoms with van der Waals surface area (Å²) in [5, 5.41) is 2.72. The van der Waals surface area contributed by atoms with Crippen LogP contribution in [0.15, 0.2) is 48.5 Å². The molecule has 35 heavy (non-hydrogen) atoms. The van der Waals surface area contributed by atoms with E-state index in [4.69, 9.17) is 4.74 Å². The number of amides is 2. The van der Waals surface area contributed by atoms with E-state index in [0.717, 1.165) is 18.1 Å². The number of methoxy groups -OCH3 is 1. The van der Waals surface area contributed by atoms with E-state index in [9.17, 15) is 31.5 Å². The molecule has 4 rings (SSSR count). The molecule has 0 radical (unpaired) electrons. The zero-order chi connectivity index (χ0) is 25.4. The molecule has 2 heterocycles. The van der Waals surface area contributed by atoms with Crippen molar-refractivity contribution in [2.75, 3.05) is 26.7 Å². The summed E-state index contributed by atoms with van der Waals surface area (Å²) in [5.74, 6) is -3.44. The largest absolute Gasteiger partial charge is 0.430 e. The zero-order valence-electron chi connectivity index (χ0n) is 19.0. The van der Waals surface area contributed by atoms with Crippen LogP contribution in [0.5, 0.6) is 0 Å². The molecule has 0 bridgehead atoms. The highest BCUT2D eigenvalue weighted by molar-refractivity contribution is 5.88. The van der Waals surface area contributed by atoms with Crippen LogP contribution in [0.4, 0.5) is 22.0 Å². The second-order valence-corrected chi connectivity index (χ2v) is 9.14. The normalized spacial score (nSPS) is 21.9. The molecule has 188 valence electrons. The number of hydrogen-bond acceptors (Lipinski definition) is 3. The van der Waals surface area contributed by atoms with Gasteiger partial charge < -0.3 is 15.0 Å². The second-order valence-electron chi connectivity index (χ2n) is 9.14. The topological polar surface area (TPSA) is 58.6 Å². The SMILES string of the molecule is CO[C@@](C(=O)N1CCC2(CC1)CC(=O)NC[C@H]2c1cc(F)cc(F)c1)(c1ccccc1)C(F)(F)F. The summed E-state index contributed by atoms with van der Waals surface area (Å²) in [4.78, 5) is 26.8. The first-order valence-electron chi connectivity index (χ1n) is 11.2. The average molecular weight is 496 g/mol. The Balaban J connectivity index is 1.63. The van der Waals surface area contributed by atoms with Crippen molar-refractivity contribution in [3.05, 3.63) is 71.3 Å². The van der Waals surface area contributed by atoms with Crippen molar-refractivity contribution in [1.29, 1.82) is 0 Å². The van der Waals surface area contributed by atoms with Gasteiger partial charge in [0.2, 0.25) is 5.91 Å². The van der Waals surface area contributed by atoms with Crippen LogP contribution in [0, 0.1) is 17.0 Å². The summed E-state index contributed by atoms with van der Waals surface area (Å²) in [6, 6.07) is 9.90. The molecule has 2 amide bonds. The van der Waals surface area contributed by atoms with Crippen molar-refractivity contribution in [2.45, 2.75) is 37.0 Å². The van der Waals surface area contributed by atoms with Gasteiger partial charge in [-0.05, 0) is 36.0 Å². The van der Waals surface area contributed by atoms with E-state index in [0.29, 0.717) is 5.56 Å². The van der Waals surface area contributed by atoms with E-state index in [2.05, 4.69) is 5.32 Å². The van der Waals surface area contributed by atoms with Crippen molar-refractivity contribution in [1.82, 2.24) is 10.2 Å². The Labute approximate surface area is 199 Å². The van der Waals surface area contributed by atoms with Gasteiger partial charge in [-0.15, -0.1) is 0 Å². The van der Waals surface area contributed by atoms with Crippen LogP contribution in [-0.2, 0) is 19.9 Å². The number of nitrogens with one attached hydrogen (secondary N) is 1. The first kappa shape index (κ1) is 25.1. The second kappa shape index (κ2) is 9.22. The molecule has 2 aromatic rings. The maximum Gasteiger partial charge on any atom is 0.430 e. The minimum Gasteiger partial charge on any atom is -0.356 e. The minimum atomic E-state index is -5.03. The lowest BCUT2D eigenvalue weighted by atomic mass is 9.62. The summed E-state index contributed by atoms with van der Waals surface area (Å²) in [6.07, 6.45) is -4.59. The molecule has 2 saturated heterocycles. The van der Waals surface area contributed by atoms with E-state index in [1.165, 1.54) is 36.4 Å². The summed E-state index contributed by atoms with van der Waals surface area (Å²) < 4.78 is 75.7. The highest BCUT2D eigenvalue weighted by atomic mass is 19.4. The van der Waals surface area contributed by atoms with Gasteiger partial charge in [0.05, 0.1) is 0 Å². The number of benzene rings is 2. The molecule has 0 aromatic heterocycles. The minimum absolute atomic E-state index is 0.0468. The quantitative estimate of drug-likeness (QED) is 0.643. The predicted octanol–water partition coefficient (Wildman–Crippen LogP) is 4.28. The summed E-state index contributed by atoms with van der Waals surface area (Å²) >= 11 is 0. The molecular formula is C25H25F5N2O3. The van der Waals surface area contributed by atoms with Crippen LogP contribution in [0.2, 0.25) is 0 Å². The molecule has 10 heteroatoms. The van der Waals surface area contributed by atoms with E-state index in [1.54, 1.807) is 6.07 Å². The molecule has 2 fully saturated rings. The number of piperidine rings is 2. The lowest BCUT2D eigenvalue weighted by Crippen LogP contribution is -2.60. The van der Waals surface area contributed by atoms with E-state index < -0.39 is 40.7 Å². The fourth-order valence-corrected chi connectivity index (χ4v) is 5.49. The van der Waals surface area contributed by atoms with Crippen molar-refractivity contribution >= 4 is 11.8 Å². The van der Waals surface area contributed by atoms with Gasteiger partial charge in [0.1, 0.15) is 11.6 Å². The molecule has 0 unspecified atom stereocenters. The Kier molecular flexibility index (Phi) is 6.61. The fourth-order valence-electron chi connectivity index (χ4n) is 5.49. The van der Waals surface area contributed by atoms with Crippen LogP contribution in [-0.4, -0.2) is 49.6 Å². The van der Waals surface area contributed by atoms with Gasteiger partial charge in [-0.25, -0.2) is 8.78 Å². The first-order valence-corrected chi connectivity index (χ1v) is 11.2. The Morgan fingerprint density at radius 2 is 1.66 bits per heavy atom. The Hall–Kier alpha value is -3.01. The third kappa shape index (κ3) is 4.39. The van der Waals surface area contributed by atoms with E-state index in [-0.39, 0.29) is 50.4 Å². The van der Waals surface area contributed by atoms with Gasteiger partial charge in [-0.2, -0.15) is 13.2 Å². The summed E-state index contributed by atoms with van der Waals surface area (Å²) in [6.45, 7) is 0.0210. The molecule has 2 aliphatic heterocycles.